The normalized spacial score (nSPS) is 25.2. The molecule has 4 atom stereocenters. The molecular weight excluding hydrogens is 603 g/mol. The van der Waals surface area contributed by atoms with E-state index >= 15 is 0 Å². The number of hydrogen-bond acceptors (Lipinski definition) is 7. The van der Waals surface area contributed by atoms with Crippen molar-refractivity contribution >= 4 is 17.6 Å². The summed E-state index contributed by atoms with van der Waals surface area (Å²) in [6.45, 7) is 0.469. The summed E-state index contributed by atoms with van der Waals surface area (Å²) in [6.07, 6.45) is -0.643. The van der Waals surface area contributed by atoms with Crippen LogP contribution in [0.3, 0.4) is 0 Å². The minimum atomic E-state index is -4.45. The predicted octanol–water partition coefficient (Wildman–Crippen LogP) is 3.91. The fourth-order valence-electron chi connectivity index (χ4n) is 6.78. The lowest BCUT2D eigenvalue weighted by atomic mass is 9.80. The van der Waals surface area contributed by atoms with Crippen LogP contribution in [0, 0.1) is 17.8 Å². The number of amides is 2. The van der Waals surface area contributed by atoms with E-state index in [1.165, 1.54) is 27.7 Å². The summed E-state index contributed by atoms with van der Waals surface area (Å²) in [5.41, 5.74) is 1.44. The molecule has 3 fully saturated rings. The summed E-state index contributed by atoms with van der Waals surface area (Å²) in [4.78, 5) is 35.4. The summed E-state index contributed by atoms with van der Waals surface area (Å²) in [5, 5.41) is 14.0. The first-order valence-corrected chi connectivity index (χ1v) is 15.2. The Morgan fingerprint density at radius 3 is 2.69 bits per heavy atom. The molecule has 1 saturated carbocycles. The SMILES string of the molecule is Cn1nccc1C(=O)N[C@H](c1cn2nc(C[C@H]3C[C@@H](C(F)(F)F)CNC3=O)c(C3CCOCC3)nc2n1)[C@@H]1CCCC(F)(F)C1. The summed E-state index contributed by atoms with van der Waals surface area (Å²) < 4.78 is 78.1. The van der Waals surface area contributed by atoms with Crippen molar-refractivity contribution < 1.29 is 36.3 Å². The van der Waals surface area contributed by atoms with Crippen LogP contribution in [0.1, 0.15) is 84.5 Å². The van der Waals surface area contributed by atoms with E-state index in [4.69, 9.17) is 14.8 Å². The zero-order valence-corrected chi connectivity index (χ0v) is 24.7. The number of hydrogen-bond donors (Lipinski definition) is 2. The number of halogens is 5. The van der Waals surface area contributed by atoms with Crippen LogP contribution in [-0.2, 0) is 23.0 Å². The monoisotopic (exact) mass is 638 g/mol. The number of rotatable bonds is 7. The van der Waals surface area contributed by atoms with E-state index in [-0.39, 0.29) is 48.8 Å². The first-order valence-electron chi connectivity index (χ1n) is 15.2. The van der Waals surface area contributed by atoms with Crippen molar-refractivity contribution in [3.05, 3.63) is 41.2 Å². The van der Waals surface area contributed by atoms with Crippen LogP contribution in [-0.4, -0.2) is 73.0 Å². The van der Waals surface area contributed by atoms with Crippen LogP contribution in [0.2, 0.25) is 0 Å². The van der Waals surface area contributed by atoms with Gasteiger partial charge in [-0.2, -0.15) is 23.4 Å². The van der Waals surface area contributed by atoms with E-state index in [1.807, 2.05) is 0 Å². The van der Waals surface area contributed by atoms with Gasteiger partial charge in [-0.05, 0) is 44.1 Å². The Labute approximate surface area is 255 Å². The molecule has 3 aromatic heterocycles. The number of carbonyl (C=O) groups excluding carboxylic acids is 2. The largest absolute Gasteiger partial charge is 0.393 e. The molecular formula is C29H35F5N8O3. The summed E-state index contributed by atoms with van der Waals surface area (Å²) in [7, 11) is 1.60. The van der Waals surface area contributed by atoms with Crippen molar-refractivity contribution in [1.29, 1.82) is 0 Å². The molecule has 2 amide bonds. The first-order chi connectivity index (χ1) is 21.4. The minimum absolute atomic E-state index is 0.0585. The van der Waals surface area contributed by atoms with Crippen LogP contribution in [0.5, 0.6) is 0 Å². The van der Waals surface area contributed by atoms with Crippen LogP contribution < -0.4 is 10.6 Å². The molecule has 16 heteroatoms. The number of piperidine rings is 1. The van der Waals surface area contributed by atoms with Gasteiger partial charge in [0.05, 0.1) is 35.2 Å². The molecule has 0 aromatic carbocycles. The van der Waals surface area contributed by atoms with E-state index in [0.717, 1.165) is 0 Å². The molecule has 1 aliphatic carbocycles. The second-order valence-electron chi connectivity index (χ2n) is 12.4. The maximum Gasteiger partial charge on any atom is 0.393 e. The molecule has 11 nitrogen and oxygen atoms in total. The fourth-order valence-corrected chi connectivity index (χ4v) is 6.78. The number of imidazole rings is 1. The molecule has 3 aliphatic rings. The molecule has 45 heavy (non-hydrogen) atoms. The Morgan fingerprint density at radius 1 is 1.22 bits per heavy atom. The maximum absolute atomic E-state index is 14.6. The number of nitrogens with one attached hydrogen (secondary N) is 2. The number of nitrogens with zero attached hydrogens (tertiary/aromatic N) is 6. The quantitative estimate of drug-likeness (QED) is 0.376. The van der Waals surface area contributed by atoms with Crippen molar-refractivity contribution in [3.8, 4) is 0 Å². The Kier molecular flexibility index (Phi) is 8.52. The number of aromatic nitrogens is 6. The molecule has 5 heterocycles. The summed E-state index contributed by atoms with van der Waals surface area (Å²) in [6, 6.07) is 0.625. The van der Waals surface area contributed by atoms with Crippen molar-refractivity contribution in [3.63, 3.8) is 0 Å². The molecule has 0 radical (unpaired) electrons. The maximum atomic E-state index is 14.6. The highest BCUT2D eigenvalue weighted by Crippen LogP contribution is 2.42. The van der Waals surface area contributed by atoms with Gasteiger partial charge in [-0.3, -0.25) is 14.3 Å². The van der Waals surface area contributed by atoms with E-state index in [1.54, 1.807) is 7.05 Å². The summed E-state index contributed by atoms with van der Waals surface area (Å²) in [5.74, 6) is -7.08. The highest BCUT2D eigenvalue weighted by molar-refractivity contribution is 5.92. The van der Waals surface area contributed by atoms with E-state index in [0.29, 0.717) is 43.9 Å². The van der Waals surface area contributed by atoms with Gasteiger partial charge in [0.25, 0.3) is 11.7 Å². The van der Waals surface area contributed by atoms with Crippen molar-refractivity contribution in [1.82, 2.24) is 40.0 Å². The lowest BCUT2D eigenvalue weighted by Crippen LogP contribution is -2.47. The van der Waals surface area contributed by atoms with Crippen molar-refractivity contribution in [2.45, 2.75) is 75.4 Å². The molecule has 0 bridgehead atoms. The van der Waals surface area contributed by atoms with Gasteiger partial charge in [-0.15, -0.1) is 0 Å². The molecule has 2 aliphatic heterocycles. The Morgan fingerprint density at radius 2 is 2.00 bits per heavy atom. The van der Waals surface area contributed by atoms with Crippen molar-refractivity contribution in [2.24, 2.45) is 24.8 Å². The molecule has 2 saturated heterocycles. The number of ether oxygens (including phenoxy) is 1. The van der Waals surface area contributed by atoms with E-state index in [2.05, 4.69) is 20.7 Å². The molecule has 244 valence electrons. The Hall–Kier alpha value is -3.69. The molecule has 0 spiro atoms. The first kappa shape index (κ1) is 31.3. The van der Waals surface area contributed by atoms with E-state index in [9.17, 15) is 31.5 Å². The Bertz CT molecular complexity index is 1550. The van der Waals surface area contributed by atoms with Crippen LogP contribution in [0.25, 0.3) is 5.78 Å². The summed E-state index contributed by atoms with van der Waals surface area (Å²) >= 11 is 0. The third-order valence-electron chi connectivity index (χ3n) is 9.21. The number of alkyl halides is 5. The van der Waals surface area contributed by atoms with Gasteiger partial charge in [0.15, 0.2) is 0 Å². The zero-order chi connectivity index (χ0) is 31.9. The second-order valence-corrected chi connectivity index (χ2v) is 12.4. The van der Waals surface area contributed by atoms with Gasteiger partial charge >= 0.3 is 6.18 Å². The van der Waals surface area contributed by atoms with Crippen LogP contribution >= 0.6 is 0 Å². The fraction of sp³-hybridized carbons (Fsp3) is 0.655. The van der Waals surface area contributed by atoms with Crippen LogP contribution in [0.15, 0.2) is 18.5 Å². The second kappa shape index (κ2) is 12.2. The average Bonchev–Trinajstić information content (AvgIpc) is 3.61. The molecule has 6 rings (SSSR count). The third-order valence-corrected chi connectivity index (χ3v) is 9.21. The number of carbonyl (C=O) groups is 2. The van der Waals surface area contributed by atoms with Gasteiger partial charge < -0.3 is 15.4 Å². The van der Waals surface area contributed by atoms with Gasteiger partial charge in [0.2, 0.25) is 11.8 Å². The average molecular weight is 639 g/mol. The highest BCUT2D eigenvalue weighted by Gasteiger charge is 2.45. The standard InChI is InChI=1S/C29H35F5N8O3/c1-41-22(4-8-36-41)26(44)38-24(17-3-2-7-28(30,31)13-17)21-15-42-27(37-21)39-23(16-5-9-45-10-6-16)20(40-42)12-18-11-19(29(32,33)34)14-35-25(18)43/h4,8,15-19,24H,2-3,5-7,9-14H2,1H3,(H,35,43)(H,38,44)/t17-,18-,19-,24+/m1/s1. The number of aryl methyl sites for hydroxylation is 1. The van der Waals surface area contributed by atoms with Gasteiger partial charge in [0, 0.05) is 64.1 Å². The van der Waals surface area contributed by atoms with Gasteiger partial charge in [-0.1, -0.05) is 0 Å². The minimum Gasteiger partial charge on any atom is -0.381 e. The Balaban J connectivity index is 1.37. The highest BCUT2D eigenvalue weighted by atomic mass is 19.4. The van der Waals surface area contributed by atoms with Gasteiger partial charge in [0.1, 0.15) is 5.69 Å². The number of fused-ring (bicyclic) bond motifs is 1. The van der Waals surface area contributed by atoms with Crippen molar-refractivity contribution in [2.75, 3.05) is 19.8 Å². The smallest absolute Gasteiger partial charge is 0.381 e. The topological polar surface area (TPSA) is 128 Å². The molecule has 3 aromatic rings. The lowest BCUT2D eigenvalue weighted by molar-refractivity contribution is -0.183. The third kappa shape index (κ3) is 6.79. The molecule has 0 unspecified atom stereocenters. The lowest BCUT2D eigenvalue weighted by Gasteiger charge is -2.34. The zero-order valence-electron chi connectivity index (χ0n) is 24.7. The van der Waals surface area contributed by atoms with Gasteiger partial charge in [-0.25, -0.2) is 23.3 Å². The van der Waals surface area contributed by atoms with E-state index < -0.39 is 60.7 Å². The molecule has 2 N–H and O–H groups in total. The predicted molar refractivity (Wildman–Crippen MR) is 148 cm³/mol. The van der Waals surface area contributed by atoms with Crippen LogP contribution in [0.4, 0.5) is 22.0 Å².